The number of aromatic amines is 1. The molecule has 0 aliphatic rings. The van der Waals surface area contributed by atoms with Crippen molar-refractivity contribution in [1.82, 2.24) is 9.55 Å². The van der Waals surface area contributed by atoms with E-state index in [1.54, 1.807) is 6.92 Å². The Kier molecular flexibility index (Phi) is 2.89. The molecule has 0 saturated carbocycles. The number of H-pyrrole nitrogens is 1. The van der Waals surface area contributed by atoms with Gasteiger partial charge in [0, 0.05) is 0 Å². The Balaban J connectivity index is 2.65. The van der Waals surface area contributed by atoms with Crippen LogP contribution in [0.2, 0.25) is 0 Å². The molecule has 2 aromatic rings. The van der Waals surface area contributed by atoms with Crippen molar-refractivity contribution in [2.75, 3.05) is 0 Å². The molecule has 5 nitrogen and oxygen atoms in total. The van der Waals surface area contributed by atoms with Crippen LogP contribution in [0, 0.1) is 6.92 Å². The summed E-state index contributed by atoms with van der Waals surface area (Å²) in [7, 11) is 0. The fraction of sp³-hybridized carbons (Fsp3) is 0.273. The van der Waals surface area contributed by atoms with Gasteiger partial charge in [0.1, 0.15) is 0 Å². The van der Waals surface area contributed by atoms with E-state index >= 15 is 0 Å². The predicted molar refractivity (Wildman–Crippen MR) is 65.9 cm³/mol. The molecule has 90 valence electrons. The molecule has 2 N–H and O–H groups in total. The van der Waals surface area contributed by atoms with Crippen LogP contribution in [0.3, 0.4) is 0 Å². The zero-order chi connectivity index (χ0) is 12.6. The Labute approximate surface area is 101 Å². The summed E-state index contributed by atoms with van der Waals surface area (Å²) in [5.74, 6) is -0.280. The third-order valence-corrected chi connectivity index (χ3v) is 3.46. The summed E-state index contributed by atoms with van der Waals surface area (Å²) < 4.78 is 1.18. The molecule has 0 radical (unpaired) electrons. The van der Waals surface area contributed by atoms with Gasteiger partial charge in [-0.15, -0.1) is 0 Å². The molecule has 0 aliphatic carbocycles. The Morgan fingerprint density at radius 1 is 1.47 bits per heavy atom. The van der Waals surface area contributed by atoms with Crippen LogP contribution < -0.4 is 11.2 Å². The third-order valence-electron chi connectivity index (χ3n) is 2.76. The highest BCUT2D eigenvalue weighted by atomic mass is 32.1. The number of aromatic hydroxyl groups is 1. The van der Waals surface area contributed by atoms with Gasteiger partial charge >= 0.3 is 5.69 Å². The van der Waals surface area contributed by atoms with E-state index in [2.05, 4.69) is 4.98 Å². The van der Waals surface area contributed by atoms with Gasteiger partial charge in [-0.2, -0.15) is 11.3 Å². The lowest BCUT2D eigenvalue weighted by molar-refractivity contribution is 0.385. The molecule has 0 saturated heterocycles. The molecule has 0 aromatic carbocycles. The van der Waals surface area contributed by atoms with Crippen molar-refractivity contribution >= 4 is 11.3 Å². The van der Waals surface area contributed by atoms with Crippen LogP contribution >= 0.6 is 11.3 Å². The Bertz CT molecular complexity index is 640. The standard InChI is InChI=1S/C11H12N2O3S/c1-6-9(14)12-11(16)13(10(6)15)7(2)8-3-4-17-5-8/h3-5,7,15H,1-2H3,(H,12,14,16). The molecule has 2 rings (SSSR count). The van der Waals surface area contributed by atoms with Crippen LogP contribution in [0.4, 0.5) is 0 Å². The van der Waals surface area contributed by atoms with E-state index in [0.29, 0.717) is 0 Å². The number of nitrogens with zero attached hydrogens (tertiary/aromatic N) is 1. The number of rotatable bonds is 2. The van der Waals surface area contributed by atoms with Gasteiger partial charge < -0.3 is 5.11 Å². The molecule has 0 fully saturated rings. The summed E-state index contributed by atoms with van der Waals surface area (Å²) >= 11 is 1.51. The van der Waals surface area contributed by atoms with Crippen molar-refractivity contribution in [3.05, 3.63) is 48.8 Å². The molecular weight excluding hydrogens is 240 g/mol. The van der Waals surface area contributed by atoms with E-state index in [9.17, 15) is 14.7 Å². The van der Waals surface area contributed by atoms with Gasteiger partial charge in [0.2, 0.25) is 5.88 Å². The van der Waals surface area contributed by atoms with Gasteiger partial charge in [-0.05, 0) is 36.2 Å². The second-order valence-electron chi connectivity index (χ2n) is 3.81. The maximum absolute atomic E-state index is 11.7. The van der Waals surface area contributed by atoms with Crippen LogP contribution in [-0.4, -0.2) is 14.7 Å². The van der Waals surface area contributed by atoms with Crippen molar-refractivity contribution in [2.45, 2.75) is 19.9 Å². The largest absolute Gasteiger partial charge is 0.494 e. The monoisotopic (exact) mass is 252 g/mol. The van der Waals surface area contributed by atoms with Crippen LogP contribution in [0.5, 0.6) is 5.88 Å². The third kappa shape index (κ3) is 1.91. The van der Waals surface area contributed by atoms with Crippen LogP contribution in [0.1, 0.15) is 24.1 Å². The summed E-state index contributed by atoms with van der Waals surface area (Å²) in [4.78, 5) is 25.2. The van der Waals surface area contributed by atoms with Crippen molar-refractivity contribution in [3.63, 3.8) is 0 Å². The van der Waals surface area contributed by atoms with Gasteiger partial charge in [0.25, 0.3) is 5.56 Å². The predicted octanol–water partition coefficient (Wildman–Crippen LogP) is 1.22. The number of thiophene rings is 1. The molecule has 0 amide bonds. The van der Waals surface area contributed by atoms with E-state index in [1.165, 1.54) is 22.8 Å². The van der Waals surface area contributed by atoms with Crippen LogP contribution in [0.15, 0.2) is 26.4 Å². The van der Waals surface area contributed by atoms with Gasteiger partial charge in [0.15, 0.2) is 0 Å². The maximum atomic E-state index is 11.7. The van der Waals surface area contributed by atoms with Gasteiger partial charge in [0.05, 0.1) is 11.6 Å². The molecule has 0 bridgehead atoms. The van der Waals surface area contributed by atoms with Crippen molar-refractivity contribution < 1.29 is 5.11 Å². The molecular formula is C11H12N2O3S. The summed E-state index contributed by atoms with van der Waals surface area (Å²) in [6, 6.07) is 1.56. The molecule has 0 spiro atoms. The fourth-order valence-corrected chi connectivity index (χ4v) is 2.40. The fourth-order valence-electron chi connectivity index (χ4n) is 1.65. The average molecular weight is 252 g/mol. The first-order valence-corrected chi connectivity index (χ1v) is 6.03. The maximum Gasteiger partial charge on any atom is 0.331 e. The molecule has 6 heteroatoms. The highest BCUT2D eigenvalue weighted by molar-refractivity contribution is 7.07. The van der Waals surface area contributed by atoms with E-state index in [4.69, 9.17) is 0 Å². The minimum Gasteiger partial charge on any atom is -0.494 e. The molecule has 17 heavy (non-hydrogen) atoms. The number of aromatic nitrogens is 2. The summed E-state index contributed by atoms with van der Waals surface area (Å²) in [6.07, 6.45) is 0. The highest BCUT2D eigenvalue weighted by Gasteiger charge is 2.17. The summed E-state index contributed by atoms with van der Waals surface area (Å²) in [5.41, 5.74) is -0.0939. The summed E-state index contributed by atoms with van der Waals surface area (Å²) in [6.45, 7) is 3.27. The lowest BCUT2D eigenvalue weighted by Crippen LogP contribution is -2.33. The van der Waals surface area contributed by atoms with E-state index in [0.717, 1.165) is 5.56 Å². The quantitative estimate of drug-likeness (QED) is 0.844. The SMILES string of the molecule is Cc1c(O)n(C(C)c2ccsc2)c(=O)[nH]c1=O. The van der Waals surface area contributed by atoms with Crippen molar-refractivity contribution in [2.24, 2.45) is 0 Å². The zero-order valence-electron chi connectivity index (χ0n) is 9.43. The smallest absolute Gasteiger partial charge is 0.331 e. The van der Waals surface area contributed by atoms with Crippen LogP contribution in [-0.2, 0) is 0 Å². The Morgan fingerprint density at radius 2 is 2.18 bits per heavy atom. The Morgan fingerprint density at radius 3 is 2.76 bits per heavy atom. The van der Waals surface area contributed by atoms with E-state index < -0.39 is 11.2 Å². The van der Waals surface area contributed by atoms with E-state index in [-0.39, 0.29) is 17.5 Å². The van der Waals surface area contributed by atoms with Crippen LogP contribution in [0.25, 0.3) is 0 Å². The molecule has 2 aromatic heterocycles. The normalized spacial score (nSPS) is 12.6. The minimum absolute atomic E-state index is 0.145. The van der Waals surface area contributed by atoms with Crippen molar-refractivity contribution in [1.29, 1.82) is 0 Å². The van der Waals surface area contributed by atoms with Gasteiger partial charge in [-0.3, -0.25) is 14.3 Å². The first-order valence-electron chi connectivity index (χ1n) is 5.09. The number of hydrogen-bond acceptors (Lipinski definition) is 4. The Hall–Kier alpha value is -1.82. The molecule has 1 atom stereocenters. The number of nitrogens with one attached hydrogen (secondary N) is 1. The average Bonchev–Trinajstić information content (AvgIpc) is 2.79. The first-order chi connectivity index (χ1) is 8.02. The lowest BCUT2D eigenvalue weighted by atomic mass is 10.2. The highest BCUT2D eigenvalue weighted by Crippen LogP contribution is 2.23. The molecule has 0 aliphatic heterocycles. The second kappa shape index (κ2) is 4.21. The number of hydrogen-bond donors (Lipinski definition) is 2. The topological polar surface area (TPSA) is 75.1 Å². The van der Waals surface area contributed by atoms with Gasteiger partial charge in [-0.1, -0.05) is 0 Å². The molecule has 2 heterocycles. The zero-order valence-corrected chi connectivity index (χ0v) is 10.2. The minimum atomic E-state index is -0.600. The first kappa shape index (κ1) is 11.7. The van der Waals surface area contributed by atoms with Crippen molar-refractivity contribution in [3.8, 4) is 5.88 Å². The second-order valence-corrected chi connectivity index (χ2v) is 4.59. The van der Waals surface area contributed by atoms with Gasteiger partial charge in [-0.25, -0.2) is 4.79 Å². The summed E-state index contributed by atoms with van der Waals surface area (Å²) in [5, 5.41) is 13.7. The van der Waals surface area contributed by atoms with E-state index in [1.807, 2.05) is 16.8 Å². The lowest BCUT2D eigenvalue weighted by Gasteiger charge is -2.16. The molecule has 1 unspecified atom stereocenters.